The standard InChI is InChI=1S/C8H9NO3S/c10-8(11)3-6-13(12)7-1-4-9-5-2-7/h1-2,4-5H,3,6H2,(H,10,11). The van der Waals surface area contributed by atoms with E-state index in [4.69, 9.17) is 5.11 Å². The highest BCUT2D eigenvalue weighted by atomic mass is 32.2. The van der Waals surface area contributed by atoms with Crippen molar-refractivity contribution in [1.82, 2.24) is 4.98 Å². The smallest absolute Gasteiger partial charge is 0.304 e. The van der Waals surface area contributed by atoms with E-state index in [0.717, 1.165) is 0 Å². The van der Waals surface area contributed by atoms with Crippen LogP contribution in [0.2, 0.25) is 0 Å². The predicted octanol–water partition coefficient (Wildman–Crippen LogP) is 0.664. The van der Waals surface area contributed by atoms with Crippen molar-refractivity contribution in [1.29, 1.82) is 0 Å². The fourth-order valence-corrected chi connectivity index (χ4v) is 1.81. The maximum Gasteiger partial charge on any atom is 0.304 e. The van der Waals surface area contributed by atoms with E-state index in [-0.39, 0.29) is 12.2 Å². The van der Waals surface area contributed by atoms with Crippen LogP contribution in [-0.4, -0.2) is 26.0 Å². The number of pyridine rings is 1. The van der Waals surface area contributed by atoms with Gasteiger partial charge in [0.25, 0.3) is 0 Å². The van der Waals surface area contributed by atoms with E-state index < -0.39 is 16.8 Å². The second-order valence-electron chi connectivity index (χ2n) is 2.38. The summed E-state index contributed by atoms with van der Waals surface area (Å²) < 4.78 is 11.4. The lowest BCUT2D eigenvalue weighted by Gasteiger charge is -1.98. The SMILES string of the molecule is O=C(O)CCS(=O)c1ccncc1. The number of carbonyl (C=O) groups is 1. The molecule has 4 nitrogen and oxygen atoms in total. The summed E-state index contributed by atoms with van der Waals surface area (Å²) in [5, 5.41) is 8.36. The van der Waals surface area contributed by atoms with Crippen LogP contribution in [0.15, 0.2) is 29.4 Å². The molecule has 0 spiro atoms. The molecular formula is C8H9NO3S. The zero-order chi connectivity index (χ0) is 9.68. The van der Waals surface area contributed by atoms with E-state index in [9.17, 15) is 9.00 Å². The highest BCUT2D eigenvalue weighted by molar-refractivity contribution is 7.85. The van der Waals surface area contributed by atoms with Crippen molar-refractivity contribution in [2.75, 3.05) is 5.75 Å². The second-order valence-corrected chi connectivity index (χ2v) is 3.95. The van der Waals surface area contributed by atoms with E-state index in [1.165, 1.54) is 12.4 Å². The summed E-state index contributed by atoms with van der Waals surface area (Å²) in [7, 11) is -1.22. The Hall–Kier alpha value is -1.23. The Morgan fingerprint density at radius 3 is 2.62 bits per heavy atom. The molecule has 0 saturated carbocycles. The van der Waals surface area contributed by atoms with Gasteiger partial charge in [-0.1, -0.05) is 0 Å². The molecule has 1 rings (SSSR count). The van der Waals surface area contributed by atoms with Gasteiger partial charge in [-0.25, -0.2) is 0 Å². The van der Waals surface area contributed by atoms with Crippen LogP contribution < -0.4 is 0 Å². The van der Waals surface area contributed by atoms with Crippen molar-refractivity contribution in [2.24, 2.45) is 0 Å². The number of aliphatic carboxylic acids is 1. The summed E-state index contributed by atoms with van der Waals surface area (Å²) >= 11 is 0. The molecule has 13 heavy (non-hydrogen) atoms. The van der Waals surface area contributed by atoms with Gasteiger partial charge in [0.15, 0.2) is 0 Å². The molecule has 1 aromatic heterocycles. The number of aromatic nitrogens is 1. The molecule has 0 fully saturated rings. The molecule has 0 bridgehead atoms. The third kappa shape index (κ3) is 3.33. The number of hydrogen-bond donors (Lipinski definition) is 1. The highest BCUT2D eigenvalue weighted by Gasteiger charge is 2.05. The van der Waals surface area contributed by atoms with Crippen molar-refractivity contribution in [3.05, 3.63) is 24.5 Å². The number of hydrogen-bond acceptors (Lipinski definition) is 3. The molecule has 1 heterocycles. The van der Waals surface area contributed by atoms with Crippen molar-refractivity contribution < 1.29 is 14.1 Å². The summed E-state index contributed by atoms with van der Waals surface area (Å²) in [5.74, 6) is -0.776. The highest BCUT2D eigenvalue weighted by Crippen LogP contribution is 2.04. The molecule has 70 valence electrons. The van der Waals surface area contributed by atoms with Crippen LogP contribution in [0.3, 0.4) is 0 Å². The van der Waals surface area contributed by atoms with Crippen LogP contribution in [0.1, 0.15) is 6.42 Å². The van der Waals surface area contributed by atoms with Crippen LogP contribution in [0, 0.1) is 0 Å². The molecule has 1 unspecified atom stereocenters. The average Bonchev–Trinajstić information content (AvgIpc) is 2.15. The zero-order valence-electron chi connectivity index (χ0n) is 6.84. The Balaban J connectivity index is 2.54. The van der Waals surface area contributed by atoms with Gasteiger partial charge in [-0.15, -0.1) is 0 Å². The van der Waals surface area contributed by atoms with Crippen LogP contribution in [-0.2, 0) is 15.6 Å². The van der Waals surface area contributed by atoms with Gasteiger partial charge >= 0.3 is 5.97 Å². The van der Waals surface area contributed by atoms with Gasteiger partial charge in [0.2, 0.25) is 0 Å². The quantitative estimate of drug-likeness (QED) is 0.773. The van der Waals surface area contributed by atoms with Crippen molar-refractivity contribution in [3.63, 3.8) is 0 Å². The van der Waals surface area contributed by atoms with Gasteiger partial charge in [0.1, 0.15) is 0 Å². The largest absolute Gasteiger partial charge is 0.481 e. The first-order valence-corrected chi connectivity index (χ1v) is 5.02. The lowest BCUT2D eigenvalue weighted by molar-refractivity contribution is -0.136. The van der Waals surface area contributed by atoms with Crippen molar-refractivity contribution in [2.45, 2.75) is 11.3 Å². The first-order valence-electron chi connectivity index (χ1n) is 3.70. The van der Waals surface area contributed by atoms with Gasteiger partial charge in [-0.3, -0.25) is 14.0 Å². The number of nitrogens with zero attached hydrogens (tertiary/aromatic N) is 1. The molecule has 0 amide bonds. The first-order chi connectivity index (χ1) is 6.20. The topological polar surface area (TPSA) is 67.3 Å². The Labute approximate surface area is 78.1 Å². The van der Waals surface area contributed by atoms with Gasteiger partial charge < -0.3 is 5.11 Å². The lowest BCUT2D eigenvalue weighted by atomic mass is 10.5. The van der Waals surface area contributed by atoms with Gasteiger partial charge in [-0.2, -0.15) is 0 Å². The summed E-state index contributed by atoms with van der Waals surface area (Å²) in [5.41, 5.74) is 0. The lowest BCUT2D eigenvalue weighted by Crippen LogP contribution is -2.04. The molecule has 0 aliphatic heterocycles. The van der Waals surface area contributed by atoms with Gasteiger partial charge in [-0.05, 0) is 12.1 Å². The number of carboxylic acids is 1. The van der Waals surface area contributed by atoms with E-state index >= 15 is 0 Å². The normalized spacial score (nSPS) is 12.3. The Bertz CT molecular complexity index is 312. The van der Waals surface area contributed by atoms with Crippen molar-refractivity contribution >= 4 is 16.8 Å². The number of rotatable bonds is 4. The third-order valence-corrected chi connectivity index (χ3v) is 2.79. The molecule has 0 aromatic carbocycles. The molecule has 1 atom stereocenters. The van der Waals surface area contributed by atoms with E-state index in [0.29, 0.717) is 4.90 Å². The fraction of sp³-hybridized carbons (Fsp3) is 0.250. The maximum atomic E-state index is 11.4. The van der Waals surface area contributed by atoms with Crippen molar-refractivity contribution in [3.8, 4) is 0 Å². The van der Waals surface area contributed by atoms with Gasteiger partial charge in [0.05, 0.1) is 17.2 Å². The minimum atomic E-state index is -1.22. The van der Waals surface area contributed by atoms with Crippen LogP contribution in [0.4, 0.5) is 0 Å². The molecule has 0 saturated heterocycles. The Morgan fingerprint density at radius 1 is 1.46 bits per heavy atom. The summed E-state index contributed by atoms with van der Waals surface area (Å²) in [6.07, 6.45) is 3.00. The zero-order valence-corrected chi connectivity index (χ0v) is 7.66. The molecule has 0 aliphatic carbocycles. The summed E-state index contributed by atoms with van der Waals surface area (Å²) in [4.78, 5) is 14.6. The van der Waals surface area contributed by atoms with E-state index in [1.807, 2.05) is 0 Å². The second kappa shape index (κ2) is 4.71. The van der Waals surface area contributed by atoms with E-state index in [2.05, 4.69) is 4.98 Å². The number of carboxylic acid groups (broad SMARTS) is 1. The monoisotopic (exact) mass is 199 g/mol. The van der Waals surface area contributed by atoms with Gasteiger partial charge in [0, 0.05) is 23.0 Å². The third-order valence-electron chi connectivity index (χ3n) is 1.41. The predicted molar refractivity (Wildman–Crippen MR) is 47.8 cm³/mol. The van der Waals surface area contributed by atoms with Crippen LogP contribution >= 0.6 is 0 Å². The first kappa shape index (κ1) is 9.85. The van der Waals surface area contributed by atoms with Crippen LogP contribution in [0.25, 0.3) is 0 Å². The summed E-state index contributed by atoms with van der Waals surface area (Å²) in [6.45, 7) is 0. The minimum absolute atomic E-state index is 0.0745. The molecule has 5 heteroatoms. The Morgan fingerprint density at radius 2 is 2.08 bits per heavy atom. The minimum Gasteiger partial charge on any atom is -0.481 e. The molecule has 1 aromatic rings. The fourth-order valence-electron chi connectivity index (χ4n) is 0.788. The maximum absolute atomic E-state index is 11.4. The average molecular weight is 199 g/mol. The molecular weight excluding hydrogens is 190 g/mol. The van der Waals surface area contributed by atoms with E-state index in [1.54, 1.807) is 12.1 Å². The van der Waals surface area contributed by atoms with Crippen LogP contribution in [0.5, 0.6) is 0 Å². The molecule has 0 radical (unpaired) electrons. The summed E-state index contributed by atoms with van der Waals surface area (Å²) in [6, 6.07) is 3.25. The molecule has 1 N–H and O–H groups in total. The molecule has 0 aliphatic rings. The Kier molecular flexibility index (Phi) is 3.57.